The van der Waals surface area contributed by atoms with E-state index in [2.05, 4.69) is 14.0 Å². The van der Waals surface area contributed by atoms with Crippen LogP contribution in [0.15, 0.2) is 34.2 Å². The van der Waals surface area contributed by atoms with Crippen molar-refractivity contribution in [2.75, 3.05) is 19.8 Å². The van der Waals surface area contributed by atoms with Crippen LogP contribution in [0.4, 0.5) is 0 Å². The van der Waals surface area contributed by atoms with Crippen LogP contribution in [0.5, 0.6) is 0 Å². The summed E-state index contributed by atoms with van der Waals surface area (Å²) in [5.74, 6) is 0. The van der Waals surface area contributed by atoms with Crippen molar-refractivity contribution in [2.24, 2.45) is 0 Å². The number of thiophene rings is 1. The lowest BCUT2D eigenvalue weighted by atomic mass is 10.1. The Bertz CT molecular complexity index is 973. The summed E-state index contributed by atoms with van der Waals surface area (Å²) in [4.78, 5) is 21.9. The molecule has 0 bridgehead atoms. The third-order valence-corrected chi connectivity index (χ3v) is 6.38. The van der Waals surface area contributed by atoms with E-state index in [1.165, 1.54) is 32.7 Å². The van der Waals surface area contributed by atoms with Crippen LogP contribution < -0.4 is 10.5 Å². The van der Waals surface area contributed by atoms with Gasteiger partial charge < -0.3 is 4.90 Å². The maximum atomic E-state index is 13.3. The van der Waals surface area contributed by atoms with Crippen molar-refractivity contribution >= 4 is 33.3 Å². The molecular weight excluding hydrogens is 338 g/mol. The highest BCUT2D eigenvalue weighted by Gasteiger charge is 2.25. The maximum Gasteiger partial charge on any atom is 0.267 e. The molecule has 1 aromatic carbocycles. The molecule has 124 valence electrons. The molecule has 1 unspecified atom stereocenters. The van der Waals surface area contributed by atoms with Crippen molar-refractivity contribution in [3.05, 3.63) is 50.6 Å². The van der Waals surface area contributed by atoms with Gasteiger partial charge in [-0.2, -0.15) is 0 Å². The third kappa shape index (κ3) is 2.49. The highest BCUT2D eigenvalue weighted by atomic mass is 32.2. The zero-order valence-electron chi connectivity index (χ0n) is 14.0. The van der Waals surface area contributed by atoms with Gasteiger partial charge in [0, 0.05) is 6.42 Å². The fourth-order valence-corrected chi connectivity index (χ4v) is 5.23. The molecule has 4 rings (SSSR count). The Morgan fingerprint density at radius 1 is 1.29 bits per heavy atom. The SMILES string of the molecule is CSc1nc2sc3c(c2c(=O)n1-c1ccc(C)cc1)CC[NH+](C)C3. The molecule has 4 nitrogen and oxygen atoms in total. The topological polar surface area (TPSA) is 39.3 Å². The highest BCUT2D eigenvalue weighted by Crippen LogP contribution is 2.31. The molecule has 1 aliphatic heterocycles. The zero-order valence-corrected chi connectivity index (χ0v) is 15.7. The number of nitrogens with zero attached hydrogens (tertiary/aromatic N) is 2. The molecule has 1 N–H and O–H groups in total. The monoisotopic (exact) mass is 358 g/mol. The third-order valence-electron chi connectivity index (χ3n) is 4.62. The van der Waals surface area contributed by atoms with E-state index in [4.69, 9.17) is 4.98 Å². The van der Waals surface area contributed by atoms with Gasteiger partial charge in [-0.1, -0.05) is 29.5 Å². The quantitative estimate of drug-likeness (QED) is 0.563. The fraction of sp³-hybridized carbons (Fsp3) is 0.333. The summed E-state index contributed by atoms with van der Waals surface area (Å²) < 4.78 is 1.77. The van der Waals surface area contributed by atoms with Gasteiger partial charge in [-0.15, -0.1) is 11.3 Å². The molecular formula is C18H20N3OS2+. The molecule has 24 heavy (non-hydrogen) atoms. The fourth-order valence-electron chi connectivity index (χ4n) is 3.30. The van der Waals surface area contributed by atoms with E-state index >= 15 is 0 Å². The van der Waals surface area contributed by atoms with Gasteiger partial charge in [0.1, 0.15) is 11.4 Å². The van der Waals surface area contributed by atoms with Crippen LogP contribution >= 0.6 is 23.1 Å². The van der Waals surface area contributed by atoms with Crippen LogP contribution in [0.25, 0.3) is 15.9 Å². The number of aryl methyl sites for hydroxylation is 1. The van der Waals surface area contributed by atoms with Crippen molar-refractivity contribution in [3.63, 3.8) is 0 Å². The number of aromatic nitrogens is 2. The van der Waals surface area contributed by atoms with E-state index in [9.17, 15) is 4.79 Å². The van der Waals surface area contributed by atoms with E-state index < -0.39 is 0 Å². The van der Waals surface area contributed by atoms with Crippen molar-refractivity contribution < 1.29 is 4.90 Å². The predicted molar refractivity (Wildman–Crippen MR) is 101 cm³/mol. The molecule has 1 atom stereocenters. The van der Waals surface area contributed by atoms with E-state index in [1.54, 1.807) is 15.9 Å². The number of benzene rings is 1. The molecule has 0 spiro atoms. The van der Waals surface area contributed by atoms with Gasteiger partial charge in [-0.05, 0) is 30.9 Å². The van der Waals surface area contributed by atoms with Gasteiger partial charge in [0.2, 0.25) is 0 Å². The first-order chi connectivity index (χ1) is 11.6. The van der Waals surface area contributed by atoms with Crippen molar-refractivity contribution in [1.29, 1.82) is 0 Å². The first-order valence-electron chi connectivity index (χ1n) is 8.08. The predicted octanol–water partition coefficient (Wildman–Crippen LogP) is 2.05. The molecule has 6 heteroatoms. The van der Waals surface area contributed by atoms with Crippen LogP contribution in [0.3, 0.4) is 0 Å². The van der Waals surface area contributed by atoms with E-state index in [0.717, 1.165) is 40.6 Å². The van der Waals surface area contributed by atoms with E-state index in [1.807, 2.05) is 30.5 Å². The number of quaternary nitrogens is 1. The van der Waals surface area contributed by atoms with E-state index in [-0.39, 0.29) is 5.56 Å². The van der Waals surface area contributed by atoms with Gasteiger partial charge in [-0.3, -0.25) is 9.36 Å². The van der Waals surface area contributed by atoms with Crippen molar-refractivity contribution in [2.45, 2.75) is 25.0 Å². The molecule has 1 aliphatic rings. The minimum Gasteiger partial charge on any atom is -0.333 e. The minimum atomic E-state index is 0.0743. The minimum absolute atomic E-state index is 0.0743. The molecule has 0 amide bonds. The first kappa shape index (κ1) is 15.9. The number of hydrogen-bond acceptors (Lipinski definition) is 4. The lowest BCUT2D eigenvalue weighted by Gasteiger charge is -2.19. The maximum absolute atomic E-state index is 13.3. The van der Waals surface area contributed by atoms with Crippen LogP contribution in [0.1, 0.15) is 16.0 Å². The Hall–Kier alpha value is -1.63. The summed E-state index contributed by atoms with van der Waals surface area (Å²) >= 11 is 3.22. The number of hydrogen-bond donors (Lipinski definition) is 1. The molecule has 2 aromatic heterocycles. The molecule has 3 aromatic rings. The first-order valence-corrected chi connectivity index (χ1v) is 10.1. The van der Waals surface area contributed by atoms with Gasteiger partial charge in [0.25, 0.3) is 5.56 Å². The Labute approximate surface area is 149 Å². The van der Waals surface area contributed by atoms with Crippen LogP contribution in [-0.2, 0) is 13.0 Å². The number of nitrogens with one attached hydrogen (secondary N) is 1. The average molecular weight is 359 g/mol. The van der Waals surface area contributed by atoms with Crippen LogP contribution in [-0.4, -0.2) is 29.4 Å². The summed E-state index contributed by atoms with van der Waals surface area (Å²) in [6, 6.07) is 8.08. The average Bonchev–Trinajstić information content (AvgIpc) is 2.93. The largest absolute Gasteiger partial charge is 0.333 e. The Kier molecular flexibility index (Phi) is 3.98. The standard InChI is InChI=1S/C18H19N3OS2/c1-11-4-6-12(7-5-11)21-17(22)15-13-8-9-20(2)10-14(13)24-16(15)19-18(21)23-3/h4-7H,8-10H2,1-3H3/p+1. The zero-order chi connectivity index (χ0) is 16.8. The lowest BCUT2D eigenvalue weighted by Crippen LogP contribution is -3.08. The summed E-state index contributed by atoms with van der Waals surface area (Å²) in [6.07, 6.45) is 2.94. The van der Waals surface area contributed by atoms with Gasteiger partial charge in [0.05, 0.1) is 29.5 Å². The number of thioether (sulfide) groups is 1. The second-order valence-electron chi connectivity index (χ2n) is 6.39. The Morgan fingerprint density at radius 2 is 2.04 bits per heavy atom. The van der Waals surface area contributed by atoms with Crippen LogP contribution in [0.2, 0.25) is 0 Å². The van der Waals surface area contributed by atoms with Crippen molar-refractivity contribution in [3.8, 4) is 5.69 Å². The summed E-state index contributed by atoms with van der Waals surface area (Å²) in [7, 11) is 2.21. The normalized spacial score (nSPS) is 17.2. The molecule has 0 saturated carbocycles. The molecule has 0 radical (unpaired) electrons. The second-order valence-corrected chi connectivity index (χ2v) is 8.25. The van der Waals surface area contributed by atoms with Crippen LogP contribution in [0, 0.1) is 6.92 Å². The van der Waals surface area contributed by atoms with E-state index in [0.29, 0.717) is 0 Å². The number of likely N-dealkylation sites (N-methyl/N-ethyl adjacent to an activating group) is 1. The highest BCUT2D eigenvalue weighted by molar-refractivity contribution is 7.98. The number of fused-ring (bicyclic) bond motifs is 3. The molecule has 0 saturated heterocycles. The smallest absolute Gasteiger partial charge is 0.267 e. The second kappa shape index (κ2) is 6.02. The summed E-state index contributed by atoms with van der Waals surface area (Å²) in [5, 5.41) is 1.59. The lowest BCUT2D eigenvalue weighted by molar-refractivity contribution is -0.895. The van der Waals surface area contributed by atoms with Crippen molar-refractivity contribution in [1.82, 2.24) is 9.55 Å². The Balaban J connectivity index is 2.01. The number of rotatable bonds is 2. The molecule has 0 aliphatic carbocycles. The molecule has 0 fully saturated rings. The van der Waals surface area contributed by atoms with Gasteiger partial charge in [0.15, 0.2) is 5.16 Å². The molecule has 3 heterocycles. The Morgan fingerprint density at radius 3 is 2.75 bits per heavy atom. The van der Waals surface area contributed by atoms with Gasteiger partial charge >= 0.3 is 0 Å². The summed E-state index contributed by atoms with van der Waals surface area (Å²) in [6.45, 7) is 4.12. The van der Waals surface area contributed by atoms with Gasteiger partial charge in [-0.25, -0.2) is 4.98 Å². The summed E-state index contributed by atoms with van der Waals surface area (Å²) in [5.41, 5.74) is 3.38.